The van der Waals surface area contributed by atoms with Gasteiger partial charge in [-0.15, -0.1) is 0 Å². The summed E-state index contributed by atoms with van der Waals surface area (Å²) >= 11 is 6.03. The van der Waals surface area contributed by atoms with Gasteiger partial charge in [-0.05, 0) is 60.2 Å². The zero-order valence-electron chi connectivity index (χ0n) is 15.3. The smallest absolute Gasteiger partial charge is 0.257 e. The summed E-state index contributed by atoms with van der Waals surface area (Å²) in [5.74, 6) is -1.01. The van der Waals surface area contributed by atoms with Crippen molar-refractivity contribution in [3.8, 4) is 6.07 Å². The summed E-state index contributed by atoms with van der Waals surface area (Å²) < 4.78 is 38.4. The Bertz CT molecular complexity index is 1280. The molecule has 0 fully saturated rings. The molecule has 0 bridgehead atoms. The first-order valence-electron chi connectivity index (χ1n) is 8.59. The zero-order chi connectivity index (χ0) is 21.7. The third-order valence-corrected chi connectivity index (χ3v) is 6.09. The lowest BCUT2D eigenvalue weighted by molar-refractivity contribution is 0.102. The lowest BCUT2D eigenvalue weighted by Crippen LogP contribution is -2.12. The number of nitrogens with zero attached hydrogens (tertiary/aromatic N) is 1. The molecule has 0 saturated heterocycles. The predicted octanol–water partition coefficient (Wildman–Crippen LogP) is 5.07. The Balaban J connectivity index is 1.90. The maximum absolute atomic E-state index is 13.1. The summed E-state index contributed by atoms with van der Waals surface area (Å²) in [4.78, 5) is 11.7. The van der Waals surface area contributed by atoms with E-state index in [1.165, 1.54) is 12.1 Å². The summed E-state index contributed by atoms with van der Waals surface area (Å²) in [5.41, 5.74) is 1.07. The highest BCUT2D eigenvalue weighted by Crippen LogP contribution is 2.23. The molecule has 0 heterocycles. The molecule has 0 radical (unpaired) electrons. The topological polar surface area (TPSA) is 87.0 Å². The highest BCUT2D eigenvalue weighted by molar-refractivity contribution is 7.95. The number of nitrogens with one attached hydrogen (secondary N) is 1. The number of rotatable bonds is 5. The Hall–Kier alpha value is -3.47. The monoisotopic (exact) mass is 440 g/mol. The number of amides is 1. The average molecular weight is 441 g/mol. The Labute approximate surface area is 178 Å². The van der Waals surface area contributed by atoms with E-state index < -0.39 is 26.5 Å². The van der Waals surface area contributed by atoms with Crippen LogP contribution in [0.15, 0.2) is 82.6 Å². The van der Waals surface area contributed by atoms with Crippen LogP contribution in [0.2, 0.25) is 5.02 Å². The molecular formula is C22H14ClFN2O3S. The molecule has 3 aromatic carbocycles. The van der Waals surface area contributed by atoms with Gasteiger partial charge in [0.2, 0.25) is 9.84 Å². The average Bonchev–Trinajstić information content (AvgIpc) is 2.72. The van der Waals surface area contributed by atoms with Crippen molar-refractivity contribution in [3.05, 3.63) is 99.7 Å². The minimum Gasteiger partial charge on any atom is -0.322 e. The molecule has 0 atom stereocenters. The van der Waals surface area contributed by atoms with E-state index in [0.717, 1.165) is 24.3 Å². The number of carbonyl (C=O) groups excluding carboxylic acids is 1. The lowest BCUT2D eigenvalue weighted by Gasteiger charge is -2.08. The first kappa shape index (κ1) is 21.2. The maximum Gasteiger partial charge on any atom is 0.257 e. The van der Waals surface area contributed by atoms with E-state index in [2.05, 4.69) is 5.32 Å². The highest BCUT2D eigenvalue weighted by Gasteiger charge is 2.21. The van der Waals surface area contributed by atoms with Gasteiger partial charge in [-0.25, -0.2) is 12.8 Å². The van der Waals surface area contributed by atoms with Crippen LogP contribution in [0.4, 0.5) is 10.1 Å². The van der Waals surface area contributed by atoms with Gasteiger partial charge in [0.15, 0.2) is 0 Å². The van der Waals surface area contributed by atoms with Crippen molar-refractivity contribution >= 4 is 39.1 Å². The molecule has 30 heavy (non-hydrogen) atoms. The van der Waals surface area contributed by atoms with Crippen LogP contribution >= 0.6 is 11.6 Å². The van der Waals surface area contributed by atoms with Gasteiger partial charge in [-0.2, -0.15) is 5.26 Å². The van der Waals surface area contributed by atoms with Crippen molar-refractivity contribution in [2.75, 3.05) is 5.32 Å². The molecule has 1 amide bonds. The Kier molecular flexibility index (Phi) is 6.31. The van der Waals surface area contributed by atoms with Crippen LogP contribution in [0.5, 0.6) is 0 Å². The van der Waals surface area contributed by atoms with Gasteiger partial charge in [0, 0.05) is 5.69 Å². The van der Waals surface area contributed by atoms with Crippen LogP contribution < -0.4 is 5.32 Å². The van der Waals surface area contributed by atoms with Crippen molar-refractivity contribution in [1.82, 2.24) is 0 Å². The number of allylic oxidation sites excluding steroid dienone is 1. The number of hydrogen-bond acceptors (Lipinski definition) is 4. The Morgan fingerprint density at radius 1 is 1.03 bits per heavy atom. The fraction of sp³-hybridized carbons (Fsp3) is 0. The molecule has 0 aromatic heterocycles. The number of benzene rings is 3. The fourth-order valence-corrected chi connectivity index (χ4v) is 3.99. The second-order valence-corrected chi connectivity index (χ2v) is 8.46. The van der Waals surface area contributed by atoms with E-state index in [1.807, 2.05) is 0 Å². The Morgan fingerprint density at radius 2 is 1.73 bits per heavy atom. The second kappa shape index (κ2) is 8.91. The van der Waals surface area contributed by atoms with E-state index in [9.17, 15) is 22.9 Å². The van der Waals surface area contributed by atoms with Crippen LogP contribution in [-0.4, -0.2) is 14.3 Å². The van der Waals surface area contributed by atoms with Gasteiger partial charge >= 0.3 is 0 Å². The van der Waals surface area contributed by atoms with Gasteiger partial charge < -0.3 is 5.32 Å². The molecule has 5 nitrogen and oxygen atoms in total. The minimum atomic E-state index is -4.12. The zero-order valence-corrected chi connectivity index (χ0v) is 16.9. The third-order valence-electron chi connectivity index (χ3n) is 4.08. The van der Waals surface area contributed by atoms with Gasteiger partial charge in [0.25, 0.3) is 5.91 Å². The molecule has 3 aromatic rings. The second-order valence-electron chi connectivity index (χ2n) is 6.14. The van der Waals surface area contributed by atoms with Gasteiger partial charge in [0.1, 0.15) is 16.8 Å². The molecule has 0 unspecified atom stereocenters. The fourth-order valence-electron chi connectivity index (χ4n) is 2.61. The highest BCUT2D eigenvalue weighted by atomic mass is 35.5. The van der Waals surface area contributed by atoms with Crippen molar-refractivity contribution in [2.24, 2.45) is 0 Å². The first-order chi connectivity index (χ1) is 14.3. The largest absolute Gasteiger partial charge is 0.322 e. The standard InChI is InChI=1S/C22H14ClFN2O3S/c23-21-7-2-1-6-20(21)22(27)26-17-5-3-4-15(12-17)13-19(14-25)30(28,29)18-10-8-16(24)9-11-18/h1-13H,(H,26,27)/b19-13+. The SMILES string of the molecule is N#C/C(=C\c1cccc(NC(=O)c2ccccc2Cl)c1)S(=O)(=O)c1ccc(F)cc1. The van der Waals surface area contributed by atoms with E-state index in [1.54, 1.807) is 48.5 Å². The van der Waals surface area contributed by atoms with E-state index >= 15 is 0 Å². The van der Waals surface area contributed by atoms with Crippen molar-refractivity contribution in [2.45, 2.75) is 4.90 Å². The summed E-state index contributed by atoms with van der Waals surface area (Å²) in [7, 11) is -4.12. The number of carbonyl (C=O) groups is 1. The van der Waals surface area contributed by atoms with E-state index in [4.69, 9.17) is 11.6 Å². The van der Waals surface area contributed by atoms with Gasteiger partial charge in [0.05, 0.1) is 15.5 Å². The van der Waals surface area contributed by atoms with Crippen LogP contribution in [0.25, 0.3) is 6.08 Å². The van der Waals surface area contributed by atoms with Crippen LogP contribution in [-0.2, 0) is 9.84 Å². The number of hydrogen-bond donors (Lipinski definition) is 1. The Morgan fingerprint density at radius 3 is 2.40 bits per heavy atom. The molecule has 8 heteroatoms. The summed E-state index contributed by atoms with van der Waals surface area (Å²) in [6.45, 7) is 0. The van der Waals surface area contributed by atoms with E-state index in [0.29, 0.717) is 16.3 Å². The predicted molar refractivity (Wildman–Crippen MR) is 113 cm³/mol. The number of halogens is 2. The molecule has 150 valence electrons. The van der Waals surface area contributed by atoms with Crippen LogP contribution in [0.1, 0.15) is 15.9 Å². The maximum atomic E-state index is 13.1. The van der Waals surface area contributed by atoms with E-state index in [-0.39, 0.29) is 10.5 Å². The molecule has 0 aliphatic carbocycles. The third kappa shape index (κ3) is 4.74. The van der Waals surface area contributed by atoms with Gasteiger partial charge in [-0.3, -0.25) is 4.79 Å². The summed E-state index contributed by atoms with van der Waals surface area (Å²) in [5, 5.41) is 12.4. The minimum absolute atomic E-state index is 0.195. The van der Waals surface area contributed by atoms with Crippen LogP contribution in [0, 0.1) is 17.1 Å². The van der Waals surface area contributed by atoms with Crippen molar-refractivity contribution in [1.29, 1.82) is 5.26 Å². The molecule has 0 aliphatic rings. The molecule has 1 N–H and O–H groups in total. The summed E-state index contributed by atoms with van der Waals surface area (Å²) in [6, 6.07) is 18.8. The number of anilines is 1. The van der Waals surface area contributed by atoms with Crippen molar-refractivity contribution < 1.29 is 17.6 Å². The quantitative estimate of drug-likeness (QED) is 0.443. The molecular weight excluding hydrogens is 427 g/mol. The molecule has 0 aliphatic heterocycles. The van der Waals surface area contributed by atoms with Gasteiger partial charge in [-0.1, -0.05) is 35.9 Å². The van der Waals surface area contributed by atoms with Crippen molar-refractivity contribution in [3.63, 3.8) is 0 Å². The lowest BCUT2D eigenvalue weighted by atomic mass is 10.1. The summed E-state index contributed by atoms with van der Waals surface area (Å²) in [6.07, 6.45) is 1.18. The first-order valence-corrected chi connectivity index (χ1v) is 10.5. The van der Waals surface area contributed by atoms with Crippen LogP contribution in [0.3, 0.4) is 0 Å². The normalized spacial score (nSPS) is 11.6. The number of sulfone groups is 1. The molecule has 3 rings (SSSR count). The number of nitriles is 1. The molecule has 0 saturated carbocycles. The molecule has 0 spiro atoms.